The molecule has 0 aliphatic carbocycles. The number of ether oxygens (including phenoxy) is 2. The molecule has 9 heteroatoms. The molecule has 2 unspecified atom stereocenters. The highest BCUT2D eigenvalue weighted by molar-refractivity contribution is 6.35. The molecule has 0 aromatic heterocycles. The van der Waals surface area contributed by atoms with Gasteiger partial charge in [0.2, 0.25) is 12.2 Å². The summed E-state index contributed by atoms with van der Waals surface area (Å²) in [6.45, 7) is 0. The number of carbonyl (C=O) groups is 2. The molecule has 2 rings (SSSR count). The molecule has 2 aromatic rings. The van der Waals surface area contributed by atoms with E-state index in [4.69, 9.17) is 32.7 Å². The first-order chi connectivity index (χ1) is 11.8. The van der Waals surface area contributed by atoms with Crippen LogP contribution in [0.4, 0.5) is 4.39 Å². The SMILES string of the molecule is O=C(O)C(Oc1ccc(F)cc1)C(Oc1ccc(Cl)cc1Cl)C(=O)O. The second-order valence-electron chi connectivity index (χ2n) is 4.78. The highest BCUT2D eigenvalue weighted by Gasteiger charge is 2.38. The molecule has 0 saturated heterocycles. The van der Waals surface area contributed by atoms with Crippen LogP contribution in [0.15, 0.2) is 42.5 Å². The number of aliphatic carboxylic acids is 2. The lowest BCUT2D eigenvalue weighted by atomic mass is 10.2. The molecule has 0 heterocycles. The van der Waals surface area contributed by atoms with E-state index < -0.39 is 30.0 Å². The first-order valence-corrected chi connectivity index (χ1v) is 7.53. The minimum absolute atomic E-state index is 0.00432. The predicted molar refractivity (Wildman–Crippen MR) is 87.0 cm³/mol. The molecule has 0 spiro atoms. The van der Waals surface area contributed by atoms with Crippen molar-refractivity contribution in [1.29, 1.82) is 0 Å². The van der Waals surface area contributed by atoms with Gasteiger partial charge in [0.05, 0.1) is 5.02 Å². The van der Waals surface area contributed by atoms with E-state index in [2.05, 4.69) is 0 Å². The highest BCUT2D eigenvalue weighted by Crippen LogP contribution is 2.29. The maximum atomic E-state index is 12.9. The topological polar surface area (TPSA) is 93.1 Å². The van der Waals surface area contributed by atoms with Crippen LogP contribution >= 0.6 is 23.2 Å². The molecule has 0 radical (unpaired) electrons. The van der Waals surface area contributed by atoms with E-state index in [1.54, 1.807) is 0 Å². The van der Waals surface area contributed by atoms with Crippen LogP contribution in [0.25, 0.3) is 0 Å². The summed E-state index contributed by atoms with van der Waals surface area (Å²) < 4.78 is 23.3. The molecular weight excluding hydrogens is 378 g/mol. The van der Waals surface area contributed by atoms with Crippen LogP contribution in [0.1, 0.15) is 0 Å². The molecule has 2 atom stereocenters. The summed E-state index contributed by atoms with van der Waals surface area (Å²) >= 11 is 11.7. The Morgan fingerprint density at radius 3 is 2.00 bits per heavy atom. The molecule has 132 valence electrons. The summed E-state index contributed by atoms with van der Waals surface area (Å²) in [7, 11) is 0. The number of hydrogen-bond donors (Lipinski definition) is 2. The zero-order valence-corrected chi connectivity index (χ0v) is 13.9. The summed E-state index contributed by atoms with van der Waals surface area (Å²) in [6.07, 6.45) is -3.82. The summed E-state index contributed by atoms with van der Waals surface area (Å²) in [4.78, 5) is 22.9. The van der Waals surface area contributed by atoms with Gasteiger partial charge < -0.3 is 19.7 Å². The third-order valence-corrected chi connectivity index (χ3v) is 3.52. The van der Waals surface area contributed by atoms with E-state index in [9.17, 15) is 24.2 Å². The molecule has 0 amide bonds. The predicted octanol–water partition coefficient (Wildman–Crippen LogP) is 3.50. The average Bonchev–Trinajstić information content (AvgIpc) is 2.53. The Balaban J connectivity index is 2.28. The van der Waals surface area contributed by atoms with Crippen LogP contribution in [0.5, 0.6) is 11.5 Å². The minimum atomic E-state index is -1.92. The Labute approximate surface area is 151 Å². The Morgan fingerprint density at radius 2 is 1.48 bits per heavy atom. The van der Waals surface area contributed by atoms with Crippen LogP contribution in [-0.4, -0.2) is 34.4 Å². The second-order valence-corrected chi connectivity index (χ2v) is 5.63. The van der Waals surface area contributed by atoms with Crippen molar-refractivity contribution in [3.63, 3.8) is 0 Å². The van der Waals surface area contributed by atoms with Crippen LogP contribution in [0, 0.1) is 5.82 Å². The van der Waals surface area contributed by atoms with E-state index in [-0.39, 0.29) is 16.5 Å². The van der Waals surface area contributed by atoms with Crippen molar-refractivity contribution in [2.75, 3.05) is 0 Å². The van der Waals surface area contributed by atoms with Crippen molar-refractivity contribution in [2.45, 2.75) is 12.2 Å². The van der Waals surface area contributed by atoms with E-state index in [0.717, 1.165) is 12.1 Å². The zero-order valence-electron chi connectivity index (χ0n) is 12.4. The van der Waals surface area contributed by atoms with Crippen molar-refractivity contribution >= 4 is 35.1 Å². The fourth-order valence-electron chi connectivity index (χ4n) is 1.85. The van der Waals surface area contributed by atoms with Gasteiger partial charge in [-0.15, -0.1) is 0 Å². The molecule has 0 aliphatic rings. The largest absolute Gasteiger partial charge is 0.478 e. The summed E-state index contributed by atoms with van der Waals surface area (Å²) in [5.41, 5.74) is 0. The first kappa shape index (κ1) is 18.8. The molecule has 0 saturated carbocycles. The van der Waals surface area contributed by atoms with Crippen molar-refractivity contribution < 1.29 is 33.7 Å². The van der Waals surface area contributed by atoms with Gasteiger partial charge in [0, 0.05) is 5.02 Å². The first-order valence-electron chi connectivity index (χ1n) is 6.77. The van der Waals surface area contributed by atoms with E-state index >= 15 is 0 Å². The van der Waals surface area contributed by atoms with Gasteiger partial charge in [0.25, 0.3) is 0 Å². The normalized spacial score (nSPS) is 12.9. The Bertz CT molecular complexity index is 781. The monoisotopic (exact) mass is 388 g/mol. The Morgan fingerprint density at radius 1 is 0.920 bits per heavy atom. The third-order valence-electron chi connectivity index (χ3n) is 2.99. The van der Waals surface area contributed by atoms with Gasteiger partial charge in [-0.1, -0.05) is 23.2 Å². The lowest BCUT2D eigenvalue weighted by Gasteiger charge is -2.23. The van der Waals surface area contributed by atoms with Gasteiger partial charge in [-0.25, -0.2) is 14.0 Å². The van der Waals surface area contributed by atoms with E-state index in [0.29, 0.717) is 5.02 Å². The number of benzene rings is 2. The van der Waals surface area contributed by atoms with Gasteiger partial charge in [-0.05, 0) is 42.5 Å². The van der Waals surface area contributed by atoms with E-state index in [1.165, 1.54) is 30.3 Å². The number of rotatable bonds is 7. The van der Waals surface area contributed by atoms with E-state index in [1.807, 2.05) is 0 Å². The van der Waals surface area contributed by atoms with Gasteiger partial charge >= 0.3 is 11.9 Å². The molecule has 0 fully saturated rings. The number of carboxylic acid groups (broad SMARTS) is 2. The molecule has 6 nitrogen and oxygen atoms in total. The van der Waals surface area contributed by atoms with Crippen molar-refractivity contribution in [3.8, 4) is 11.5 Å². The van der Waals surface area contributed by atoms with Crippen molar-refractivity contribution in [1.82, 2.24) is 0 Å². The summed E-state index contributed by atoms with van der Waals surface area (Å²) in [5.74, 6) is -3.83. The average molecular weight is 389 g/mol. The maximum absolute atomic E-state index is 12.9. The van der Waals surface area contributed by atoms with Crippen molar-refractivity contribution in [3.05, 3.63) is 58.3 Å². The van der Waals surface area contributed by atoms with Crippen LogP contribution < -0.4 is 9.47 Å². The van der Waals surface area contributed by atoms with Crippen molar-refractivity contribution in [2.24, 2.45) is 0 Å². The summed E-state index contributed by atoms with van der Waals surface area (Å²) in [5, 5.41) is 18.9. The second kappa shape index (κ2) is 8.04. The van der Waals surface area contributed by atoms with Gasteiger partial charge in [-0.3, -0.25) is 0 Å². The zero-order chi connectivity index (χ0) is 18.6. The minimum Gasteiger partial charge on any atom is -0.478 e. The van der Waals surface area contributed by atoms with Crippen LogP contribution in [0.3, 0.4) is 0 Å². The fourth-order valence-corrected chi connectivity index (χ4v) is 2.30. The molecule has 25 heavy (non-hydrogen) atoms. The number of halogens is 3. The third kappa shape index (κ3) is 4.98. The standard InChI is InChI=1S/C16H11Cl2FO6/c17-8-1-6-12(11(18)7-8)25-14(16(22)23)13(15(20)21)24-10-4-2-9(19)3-5-10/h1-7,13-14H,(H,20,21)(H,22,23). The molecule has 2 aromatic carbocycles. The Hall–Kier alpha value is -2.51. The highest BCUT2D eigenvalue weighted by atomic mass is 35.5. The lowest BCUT2D eigenvalue weighted by Crippen LogP contribution is -2.47. The molecule has 0 bridgehead atoms. The molecular formula is C16H11Cl2FO6. The smallest absolute Gasteiger partial charge is 0.349 e. The maximum Gasteiger partial charge on any atom is 0.349 e. The molecule has 2 N–H and O–H groups in total. The molecule has 0 aliphatic heterocycles. The number of carboxylic acids is 2. The van der Waals surface area contributed by atoms with Crippen LogP contribution in [-0.2, 0) is 9.59 Å². The fraction of sp³-hybridized carbons (Fsp3) is 0.125. The number of hydrogen-bond acceptors (Lipinski definition) is 4. The van der Waals surface area contributed by atoms with Gasteiger partial charge in [0.15, 0.2) is 0 Å². The van der Waals surface area contributed by atoms with Gasteiger partial charge in [-0.2, -0.15) is 0 Å². The quantitative estimate of drug-likeness (QED) is 0.753. The lowest BCUT2D eigenvalue weighted by molar-refractivity contribution is -0.161. The van der Waals surface area contributed by atoms with Crippen LogP contribution in [0.2, 0.25) is 10.0 Å². The van der Waals surface area contributed by atoms with Gasteiger partial charge in [0.1, 0.15) is 17.3 Å². The Kier molecular flexibility index (Phi) is 6.06. The summed E-state index contributed by atoms with van der Waals surface area (Å²) in [6, 6.07) is 8.43.